The normalized spacial score (nSPS) is 18.1. The van der Waals surface area contributed by atoms with E-state index >= 15 is 0 Å². The largest absolute Gasteiger partial charge is 0.497 e. The van der Waals surface area contributed by atoms with Gasteiger partial charge in [0.15, 0.2) is 0 Å². The zero-order valence-corrected chi connectivity index (χ0v) is 17.2. The smallest absolute Gasteiger partial charge is 0.418 e. The number of methoxy groups -OCH3 is 1. The Balaban J connectivity index is 1.88. The highest BCUT2D eigenvalue weighted by Crippen LogP contribution is 2.38. The minimum absolute atomic E-state index is 0.0258. The molecule has 0 spiro atoms. The molecule has 1 unspecified atom stereocenters. The molecule has 0 saturated carbocycles. The van der Waals surface area contributed by atoms with E-state index in [1.165, 1.54) is 40.6 Å². The highest BCUT2D eigenvalue weighted by atomic mass is 32.2. The van der Waals surface area contributed by atoms with Crippen LogP contribution in [0.5, 0.6) is 5.75 Å². The van der Waals surface area contributed by atoms with E-state index in [0.29, 0.717) is 5.75 Å². The number of ether oxygens (including phenoxy) is 1. The standard InChI is InChI=1S/C20H20F3N3O3S/c1-14-13-25(19-7-6-15(12-24)10-18(19)20(21,22)23)8-9-26(14)30(27,28)17-5-3-4-16(11-17)29-2/h3-7,10-11,14H,8-9,13H2,1-2H3. The van der Waals surface area contributed by atoms with Gasteiger partial charge >= 0.3 is 6.18 Å². The van der Waals surface area contributed by atoms with Crippen molar-refractivity contribution in [3.8, 4) is 11.8 Å². The summed E-state index contributed by atoms with van der Waals surface area (Å²) in [5.74, 6) is 0.398. The first-order valence-corrected chi connectivity index (χ1v) is 10.5. The molecule has 1 atom stereocenters. The summed E-state index contributed by atoms with van der Waals surface area (Å²) in [6.07, 6.45) is -4.63. The van der Waals surface area contributed by atoms with Crippen molar-refractivity contribution in [2.75, 3.05) is 31.6 Å². The summed E-state index contributed by atoms with van der Waals surface area (Å²) in [6, 6.07) is 10.6. The molecule has 0 amide bonds. The fourth-order valence-corrected chi connectivity index (χ4v) is 5.17. The average Bonchev–Trinajstić information content (AvgIpc) is 2.72. The van der Waals surface area contributed by atoms with Crippen LogP contribution in [0.3, 0.4) is 0 Å². The highest BCUT2D eigenvalue weighted by molar-refractivity contribution is 7.89. The number of piperazine rings is 1. The number of hydrogen-bond acceptors (Lipinski definition) is 5. The predicted octanol–water partition coefficient (Wildman–Crippen LogP) is 3.49. The first-order chi connectivity index (χ1) is 14.1. The van der Waals surface area contributed by atoms with E-state index < -0.39 is 27.8 Å². The van der Waals surface area contributed by atoms with Crippen molar-refractivity contribution >= 4 is 15.7 Å². The Labute approximate surface area is 173 Å². The lowest BCUT2D eigenvalue weighted by Gasteiger charge is -2.40. The van der Waals surface area contributed by atoms with Crippen LogP contribution in [0.1, 0.15) is 18.1 Å². The van der Waals surface area contributed by atoms with E-state index in [4.69, 9.17) is 10.00 Å². The number of rotatable bonds is 4. The number of hydrogen-bond donors (Lipinski definition) is 0. The molecule has 10 heteroatoms. The van der Waals surface area contributed by atoms with Gasteiger partial charge in [-0.05, 0) is 37.3 Å². The Morgan fingerprint density at radius 3 is 2.50 bits per heavy atom. The number of anilines is 1. The van der Waals surface area contributed by atoms with Crippen LogP contribution in [-0.2, 0) is 16.2 Å². The van der Waals surface area contributed by atoms with Crippen molar-refractivity contribution in [2.45, 2.75) is 24.0 Å². The lowest BCUT2D eigenvalue weighted by atomic mass is 10.1. The fourth-order valence-electron chi connectivity index (χ4n) is 3.52. The van der Waals surface area contributed by atoms with E-state index in [1.807, 2.05) is 0 Å². The van der Waals surface area contributed by atoms with Crippen LogP contribution in [0.2, 0.25) is 0 Å². The lowest BCUT2D eigenvalue weighted by Crippen LogP contribution is -2.54. The van der Waals surface area contributed by atoms with E-state index in [9.17, 15) is 21.6 Å². The molecular formula is C20H20F3N3O3S. The summed E-state index contributed by atoms with van der Waals surface area (Å²) in [5, 5.41) is 8.93. The van der Waals surface area contributed by atoms with Gasteiger partial charge in [0, 0.05) is 37.4 Å². The zero-order chi connectivity index (χ0) is 22.1. The van der Waals surface area contributed by atoms with Crippen molar-refractivity contribution in [1.82, 2.24) is 4.31 Å². The predicted molar refractivity (Wildman–Crippen MR) is 105 cm³/mol. The number of benzene rings is 2. The van der Waals surface area contributed by atoms with E-state index in [2.05, 4.69) is 0 Å². The SMILES string of the molecule is COc1cccc(S(=O)(=O)N2CCN(c3ccc(C#N)cc3C(F)(F)F)CC2C)c1. The fraction of sp³-hybridized carbons (Fsp3) is 0.350. The van der Waals surface area contributed by atoms with Gasteiger partial charge in [0.2, 0.25) is 10.0 Å². The molecule has 0 radical (unpaired) electrons. The summed E-state index contributed by atoms with van der Waals surface area (Å²) in [6.45, 7) is 1.85. The summed E-state index contributed by atoms with van der Waals surface area (Å²) >= 11 is 0. The van der Waals surface area contributed by atoms with E-state index in [-0.39, 0.29) is 35.8 Å². The van der Waals surface area contributed by atoms with Crippen molar-refractivity contribution in [1.29, 1.82) is 5.26 Å². The molecule has 1 aliphatic rings. The third-order valence-corrected chi connectivity index (χ3v) is 7.00. The second-order valence-electron chi connectivity index (χ2n) is 6.93. The van der Waals surface area contributed by atoms with Crippen molar-refractivity contribution in [2.24, 2.45) is 0 Å². The third-order valence-electron chi connectivity index (χ3n) is 4.99. The van der Waals surface area contributed by atoms with Crippen molar-refractivity contribution in [3.05, 3.63) is 53.6 Å². The van der Waals surface area contributed by atoms with Crippen molar-refractivity contribution < 1.29 is 26.3 Å². The molecule has 6 nitrogen and oxygen atoms in total. The summed E-state index contributed by atoms with van der Waals surface area (Å²) in [4.78, 5) is 1.57. The molecule has 1 fully saturated rings. The van der Waals surface area contributed by atoms with Gasteiger partial charge in [0.25, 0.3) is 0 Å². The molecule has 30 heavy (non-hydrogen) atoms. The first-order valence-electron chi connectivity index (χ1n) is 9.10. The molecule has 3 rings (SSSR count). The van der Waals surface area contributed by atoms with Gasteiger partial charge in [-0.15, -0.1) is 0 Å². The van der Waals surface area contributed by atoms with E-state index in [0.717, 1.165) is 6.07 Å². The maximum atomic E-state index is 13.5. The summed E-state index contributed by atoms with van der Waals surface area (Å²) < 4.78 is 73.0. The van der Waals surface area contributed by atoms with Gasteiger partial charge in [-0.1, -0.05) is 6.07 Å². The van der Waals surface area contributed by atoms with Crippen LogP contribution in [0.4, 0.5) is 18.9 Å². The summed E-state index contributed by atoms with van der Waals surface area (Å²) in [5.41, 5.74) is -1.05. The number of halogens is 3. The maximum Gasteiger partial charge on any atom is 0.418 e. The first kappa shape index (κ1) is 21.9. The molecule has 2 aromatic carbocycles. The van der Waals surface area contributed by atoms with Gasteiger partial charge < -0.3 is 9.64 Å². The summed E-state index contributed by atoms with van der Waals surface area (Å²) in [7, 11) is -2.40. The topological polar surface area (TPSA) is 73.6 Å². The zero-order valence-electron chi connectivity index (χ0n) is 16.3. The number of alkyl halides is 3. The molecule has 0 aliphatic carbocycles. The molecule has 2 aromatic rings. The van der Waals surface area contributed by atoms with Gasteiger partial charge in [-0.3, -0.25) is 0 Å². The Hall–Kier alpha value is -2.77. The Bertz CT molecular complexity index is 1080. The molecule has 0 bridgehead atoms. The van der Waals surface area contributed by atoms with Crippen LogP contribution < -0.4 is 9.64 Å². The lowest BCUT2D eigenvalue weighted by molar-refractivity contribution is -0.137. The Kier molecular flexibility index (Phi) is 5.97. The van der Waals surface area contributed by atoms with Crippen LogP contribution in [0, 0.1) is 11.3 Å². The van der Waals surface area contributed by atoms with Crippen LogP contribution >= 0.6 is 0 Å². The maximum absolute atomic E-state index is 13.5. The van der Waals surface area contributed by atoms with Crippen molar-refractivity contribution in [3.63, 3.8) is 0 Å². The quantitative estimate of drug-likeness (QED) is 0.729. The monoisotopic (exact) mass is 439 g/mol. The van der Waals surface area contributed by atoms with E-state index in [1.54, 1.807) is 25.1 Å². The Morgan fingerprint density at radius 2 is 1.90 bits per heavy atom. The molecule has 0 aromatic heterocycles. The second kappa shape index (κ2) is 8.16. The van der Waals surface area contributed by atoms with Gasteiger partial charge in [-0.2, -0.15) is 22.7 Å². The van der Waals surface area contributed by atoms with Crippen LogP contribution in [0.15, 0.2) is 47.4 Å². The molecule has 1 saturated heterocycles. The Morgan fingerprint density at radius 1 is 1.17 bits per heavy atom. The minimum atomic E-state index is -4.63. The van der Waals surface area contributed by atoms with Crippen LogP contribution in [-0.4, -0.2) is 45.5 Å². The third kappa shape index (κ3) is 4.22. The highest BCUT2D eigenvalue weighted by Gasteiger charge is 2.39. The number of sulfonamides is 1. The second-order valence-corrected chi connectivity index (χ2v) is 8.82. The molecule has 160 valence electrons. The molecule has 0 N–H and O–H groups in total. The minimum Gasteiger partial charge on any atom is -0.497 e. The van der Waals surface area contributed by atoms with Gasteiger partial charge in [-0.25, -0.2) is 8.42 Å². The molecule has 1 aliphatic heterocycles. The van der Waals surface area contributed by atoms with Gasteiger partial charge in [0.1, 0.15) is 5.75 Å². The average molecular weight is 439 g/mol. The van der Waals surface area contributed by atoms with Gasteiger partial charge in [0.05, 0.1) is 29.2 Å². The van der Waals surface area contributed by atoms with Crippen LogP contribution in [0.25, 0.3) is 0 Å². The number of nitrogens with zero attached hydrogens (tertiary/aromatic N) is 3. The molecular weight excluding hydrogens is 419 g/mol. The number of nitriles is 1. The molecule has 1 heterocycles.